The quantitative estimate of drug-likeness (QED) is 0.730. The molecule has 4 nitrogen and oxygen atoms in total. The number of hydrogen-bond acceptors (Lipinski definition) is 2. The van der Waals surface area contributed by atoms with Crippen molar-refractivity contribution in [3.63, 3.8) is 0 Å². The second-order valence-electron chi connectivity index (χ2n) is 4.61. The van der Waals surface area contributed by atoms with Crippen LogP contribution in [0.15, 0.2) is 60.7 Å². The summed E-state index contributed by atoms with van der Waals surface area (Å²) in [6.45, 7) is 3.22. The van der Waals surface area contributed by atoms with Gasteiger partial charge in [0.25, 0.3) is 0 Å². The summed E-state index contributed by atoms with van der Waals surface area (Å²) in [6.07, 6.45) is 0. The standard InChI is InChI=1S/C16H21N2O2P/c1-2-20-21(19,17-13-15-9-5-3-6-10-15)18-14-16-11-7-4-8-12-16/h3-12H,2,13-14H2,1H3,(H2,17,18,19). The third-order valence-electron chi connectivity index (χ3n) is 2.98. The first-order valence-electron chi connectivity index (χ1n) is 7.04. The van der Waals surface area contributed by atoms with E-state index in [1.165, 1.54) is 0 Å². The van der Waals surface area contributed by atoms with Gasteiger partial charge in [-0.15, -0.1) is 0 Å². The molecule has 0 unspecified atom stereocenters. The van der Waals surface area contributed by atoms with Crippen LogP contribution in [-0.2, 0) is 22.2 Å². The summed E-state index contributed by atoms with van der Waals surface area (Å²) in [5.74, 6) is 0. The Hall–Kier alpha value is -1.45. The first-order chi connectivity index (χ1) is 10.2. The molecule has 0 aliphatic rings. The fourth-order valence-corrected chi connectivity index (χ4v) is 3.35. The largest absolute Gasteiger partial charge is 0.341 e. The van der Waals surface area contributed by atoms with Gasteiger partial charge < -0.3 is 4.52 Å². The van der Waals surface area contributed by atoms with Crippen LogP contribution in [0.4, 0.5) is 0 Å². The Bertz CT molecular complexity index is 528. The van der Waals surface area contributed by atoms with Crippen LogP contribution in [0.2, 0.25) is 0 Å². The lowest BCUT2D eigenvalue weighted by Gasteiger charge is -2.20. The van der Waals surface area contributed by atoms with E-state index in [1.807, 2.05) is 67.6 Å². The maximum absolute atomic E-state index is 12.7. The number of rotatable bonds is 8. The Morgan fingerprint density at radius 1 is 0.857 bits per heavy atom. The summed E-state index contributed by atoms with van der Waals surface area (Å²) >= 11 is 0. The zero-order valence-corrected chi connectivity index (χ0v) is 13.1. The van der Waals surface area contributed by atoms with Gasteiger partial charge in [-0.1, -0.05) is 60.7 Å². The molecule has 112 valence electrons. The minimum Gasteiger partial charge on any atom is -0.306 e. The van der Waals surface area contributed by atoms with Crippen LogP contribution in [0.3, 0.4) is 0 Å². The number of hydrogen-bond donors (Lipinski definition) is 2. The molecule has 0 atom stereocenters. The molecule has 0 radical (unpaired) electrons. The first-order valence-corrected chi connectivity index (χ1v) is 8.67. The summed E-state index contributed by atoms with van der Waals surface area (Å²) in [5.41, 5.74) is 2.14. The van der Waals surface area contributed by atoms with E-state index in [0.29, 0.717) is 19.7 Å². The van der Waals surface area contributed by atoms with E-state index in [-0.39, 0.29) is 0 Å². The predicted molar refractivity (Wildman–Crippen MR) is 85.8 cm³/mol. The van der Waals surface area contributed by atoms with Gasteiger partial charge in [-0.2, -0.15) is 0 Å². The van der Waals surface area contributed by atoms with Gasteiger partial charge in [0.15, 0.2) is 0 Å². The number of nitrogens with one attached hydrogen (secondary N) is 2. The molecule has 0 aliphatic carbocycles. The van der Waals surface area contributed by atoms with Crippen molar-refractivity contribution in [2.45, 2.75) is 20.0 Å². The smallest absolute Gasteiger partial charge is 0.306 e. The third-order valence-corrected chi connectivity index (χ3v) is 4.75. The summed E-state index contributed by atoms with van der Waals surface area (Å²) in [5, 5.41) is 6.01. The SMILES string of the molecule is CCOP(=O)(NCc1ccccc1)NCc1ccccc1. The molecule has 0 saturated carbocycles. The second-order valence-corrected chi connectivity index (χ2v) is 6.60. The lowest BCUT2D eigenvalue weighted by molar-refractivity contribution is 0.314. The van der Waals surface area contributed by atoms with Crippen LogP contribution in [0.1, 0.15) is 18.1 Å². The maximum atomic E-state index is 12.7. The van der Waals surface area contributed by atoms with Gasteiger partial charge in [-0.05, 0) is 18.1 Å². The Morgan fingerprint density at radius 2 is 1.29 bits per heavy atom. The molecule has 2 aromatic carbocycles. The highest BCUT2D eigenvalue weighted by molar-refractivity contribution is 7.54. The van der Waals surface area contributed by atoms with E-state index < -0.39 is 7.67 Å². The second kappa shape index (κ2) is 8.11. The highest BCUT2D eigenvalue weighted by atomic mass is 31.2. The van der Waals surface area contributed by atoms with Gasteiger partial charge in [0, 0.05) is 13.1 Å². The first kappa shape index (κ1) is 15.9. The monoisotopic (exact) mass is 304 g/mol. The van der Waals surface area contributed by atoms with E-state index in [9.17, 15) is 4.57 Å². The molecule has 5 heteroatoms. The van der Waals surface area contributed by atoms with Gasteiger partial charge in [0.1, 0.15) is 0 Å². The molecule has 21 heavy (non-hydrogen) atoms. The lowest BCUT2D eigenvalue weighted by atomic mass is 10.2. The molecule has 0 fully saturated rings. The Kier molecular flexibility index (Phi) is 6.15. The molecule has 2 N–H and O–H groups in total. The fraction of sp³-hybridized carbons (Fsp3) is 0.250. The summed E-state index contributed by atoms with van der Waals surface area (Å²) < 4.78 is 18.1. The molecule has 0 spiro atoms. The van der Waals surface area contributed by atoms with Crippen molar-refractivity contribution in [2.75, 3.05) is 6.61 Å². The highest BCUT2D eigenvalue weighted by Gasteiger charge is 2.21. The normalized spacial score (nSPS) is 11.5. The zero-order valence-electron chi connectivity index (χ0n) is 12.2. The number of benzene rings is 2. The Balaban J connectivity index is 1.94. The van der Waals surface area contributed by atoms with Crippen LogP contribution in [0.5, 0.6) is 0 Å². The van der Waals surface area contributed by atoms with Crippen molar-refractivity contribution in [1.82, 2.24) is 10.2 Å². The van der Waals surface area contributed by atoms with E-state index in [2.05, 4.69) is 10.2 Å². The summed E-state index contributed by atoms with van der Waals surface area (Å²) in [4.78, 5) is 0. The van der Waals surface area contributed by atoms with Crippen molar-refractivity contribution in [1.29, 1.82) is 0 Å². The molecule has 0 saturated heterocycles. The van der Waals surface area contributed by atoms with Crippen LogP contribution in [0, 0.1) is 0 Å². The Morgan fingerprint density at radius 3 is 1.67 bits per heavy atom. The summed E-state index contributed by atoms with van der Waals surface area (Å²) in [6, 6.07) is 19.7. The minimum atomic E-state index is -3.05. The molecule has 0 bridgehead atoms. The fourth-order valence-electron chi connectivity index (χ4n) is 1.91. The van der Waals surface area contributed by atoms with E-state index in [0.717, 1.165) is 11.1 Å². The molecule has 2 rings (SSSR count). The van der Waals surface area contributed by atoms with Gasteiger partial charge in [-0.25, -0.2) is 10.2 Å². The molecule has 2 aromatic rings. The van der Waals surface area contributed by atoms with Crippen LogP contribution in [-0.4, -0.2) is 6.61 Å². The summed E-state index contributed by atoms with van der Waals surface area (Å²) in [7, 11) is -3.05. The van der Waals surface area contributed by atoms with Crippen LogP contribution >= 0.6 is 7.67 Å². The van der Waals surface area contributed by atoms with Crippen molar-refractivity contribution in [2.24, 2.45) is 0 Å². The van der Waals surface area contributed by atoms with Crippen molar-refractivity contribution in [3.05, 3.63) is 71.8 Å². The van der Waals surface area contributed by atoms with Crippen molar-refractivity contribution in [3.8, 4) is 0 Å². The van der Waals surface area contributed by atoms with Gasteiger partial charge in [0.05, 0.1) is 6.61 Å². The van der Waals surface area contributed by atoms with E-state index >= 15 is 0 Å². The van der Waals surface area contributed by atoms with Gasteiger partial charge >= 0.3 is 7.67 Å². The minimum absolute atomic E-state index is 0.390. The predicted octanol–water partition coefficient (Wildman–Crippen LogP) is 3.71. The molecule has 0 amide bonds. The third kappa shape index (κ3) is 5.44. The van der Waals surface area contributed by atoms with Crippen LogP contribution in [0.25, 0.3) is 0 Å². The molecule has 0 aliphatic heterocycles. The maximum Gasteiger partial charge on any atom is 0.341 e. The van der Waals surface area contributed by atoms with E-state index in [1.54, 1.807) is 0 Å². The highest BCUT2D eigenvalue weighted by Crippen LogP contribution is 2.37. The van der Waals surface area contributed by atoms with Gasteiger partial charge in [0.2, 0.25) is 0 Å². The topological polar surface area (TPSA) is 50.4 Å². The van der Waals surface area contributed by atoms with Crippen LogP contribution < -0.4 is 10.2 Å². The van der Waals surface area contributed by atoms with Crippen molar-refractivity contribution >= 4 is 7.67 Å². The zero-order chi connectivity index (χ0) is 15.0. The molecular formula is C16H21N2O2P. The van der Waals surface area contributed by atoms with E-state index in [4.69, 9.17) is 4.52 Å². The average Bonchev–Trinajstić information content (AvgIpc) is 2.54. The molecule has 0 heterocycles. The Labute approximate surface area is 126 Å². The van der Waals surface area contributed by atoms with Crippen molar-refractivity contribution < 1.29 is 9.09 Å². The van der Waals surface area contributed by atoms with Gasteiger partial charge in [-0.3, -0.25) is 4.57 Å². The lowest BCUT2D eigenvalue weighted by Crippen LogP contribution is -2.24. The average molecular weight is 304 g/mol. The molecule has 0 aromatic heterocycles. The molecular weight excluding hydrogens is 283 g/mol.